The first kappa shape index (κ1) is 15.9. The van der Waals surface area contributed by atoms with Crippen LogP contribution in [-0.2, 0) is 10.0 Å². The Hall–Kier alpha value is -2.03. The molecule has 6 nitrogen and oxygen atoms in total. The Morgan fingerprint density at radius 2 is 1.87 bits per heavy atom. The zero-order chi connectivity index (χ0) is 16.6. The van der Waals surface area contributed by atoms with E-state index in [1.807, 2.05) is 30.3 Å². The number of hydrogen-bond donors (Lipinski definition) is 1. The monoisotopic (exact) mass is 348 g/mol. The SMILES string of the molecule is C[C@H](c1ccc(S(N)(=O)=O)cc1)N(C)c1ncnc2sccc12. The Morgan fingerprint density at radius 1 is 1.17 bits per heavy atom. The van der Waals surface area contributed by atoms with Gasteiger partial charge in [-0.3, -0.25) is 0 Å². The predicted octanol–water partition coefficient (Wildman–Crippen LogP) is 2.54. The summed E-state index contributed by atoms with van der Waals surface area (Å²) in [5.74, 6) is 0.847. The Labute approximate surface area is 138 Å². The first-order chi connectivity index (χ1) is 10.9. The maximum Gasteiger partial charge on any atom is 0.238 e. The van der Waals surface area contributed by atoms with Crippen LogP contribution in [0, 0.1) is 0 Å². The minimum Gasteiger partial charge on any atom is -0.352 e. The molecule has 3 rings (SSSR count). The van der Waals surface area contributed by atoms with E-state index in [0.717, 1.165) is 21.6 Å². The quantitative estimate of drug-likeness (QED) is 0.782. The lowest BCUT2D eigenvalue weighted by molar-refractivity contribution is 0.597. The minimum absolute atomic E-state index is 0.0162. The highest BCUT2D eigenvalue weighted by Gasteiger charge is 2.17. The van der Waals surface area contributed by atoms with E-state index in [9.17, 15) is 8.42 Å². The molecule has 3 aromatic rings. The second-order valence-electron chi connectivity index (χ2n) is 5.24. The summed E-state index contributed by atoms with van der Waals surface area (Å²) in [4.78, 5) is 11.7. The van der Waals surface area contributed by atoms with Gasteiger partial charge in [-0.1, -0.05) is 12.1 Å². The molecule has 0 aliphatic carbocycles. The van der Waals surface area contributed by atoms with Crippen LogP contribution >= 0.6 is 11.3 Å². The number of rotatable bonds is 4. The predicted molar refractivity (Wildman–Crippen MR) is 92.0 cm³/mol. The smallest absolute Gasteiger partial charge is 0.238 e. The molecule has 120 valence electrons. The van der Waals surface area contributed by atoms with Crippen molar-refractivity contribution in [3.05, 3.63) is 47.6 Å². The summed E-state index contributed by atoms with van der Waals surface area (Å²) in [6.07, 6.45) is 1.56. The Bertz CT molecular complexity index is 936. The van der Waals surface area contributed by atoms with Crippen LogP contribution in [0.25, 0.3) is 10.2 Å². The van der Waals surface area contributed by atoms with E-state index in [-0.39, 0.29) is 10.9 Å². The summed E-state index contributed by atoms with van der Waals surface area (Å²) in [7, 11) is -1.72. The van der Waals surface area contributed by atoms with E-state index in [1.165, 1.54) is 12.1 Å². The van der Waals surface area contributed by atoms with Crippen molar-refractivity contribution in [2.45, 2.75) is 17.9 Å². The van der Waals surface area contributed by atoms with Crippen LogP contribution in [-0.4, -0.2) is 25.4 Å². The second-order valence-corrected chi connectivity index (χ2v) is 7.69. The van der Waals surface area contributed by atoms with Gasteiger partial charge in [0.25, 0.3) is 0 Å². The lowest BCUT2D eigenvalue weighted by Gasteiger charge is -2.26. The largest absolute Gasteiger partial charge is 0.352 e. The standard InChI is InChI=1S/C15H16N4O2S2/c1-10(11-3-5-12(6-4-11)23(16,20)21)19(2)14-13-7-8-22-15(13)18-9-17-14/h3-10H,1-2H3,(H2,16,20,21)/t10-/m1/s1. The number of aromatic nitrogens is 2. The highest BCUT2D eigenvalue weighted by atomic mass is 32.2. The first-order valence-electron chi connectivity index (χ1n) is 6.92. The van der Waals surface area contributed by atoms with Crippen LogP contribution in [0.15, 0.2) is 46.9 Å². The molecular weight excluding hydrogens is 332 g/mol. The maximum atomic E-state index is 11.3. The average Bonchev–Trinajstić information content (AvgIpc) is 3.01. The van der Waals surface area contributed by atoms with Crippen molar-refractivity contribution >= 4 is 37.4 Å². The van der Waals surface area contributed by atoms with Crippen molar-refractivity contribution in [3.63, 3.8) is 0 Å². The molecule has 2 heterocycles. The first-order valence-corrected chi connectivity index (χ1v) is 9.34. The third kappa shape index (κ3) is 3.05. The molecule has 0 aliphatic rings. The van der Waals surface area contributed by atoms with Gasteiger partial charge in [-0.2, -0.15) is 0 Å². The fraction of sp³-hybridized carbons (Fsp3) is 0.200. The van der Waals surface area contributed by atoms with Crippen molar-refractivity contribution in [3.8, 4) is 0 Å². The fourth-order valence-corrected chi connectivity index (χ4v) is 3.64. The van der Waals surface area contributed by atoms with E-state index >= 15 is 0 Å². The molecule has 0 amide bonds. The van der Waals surface area contributed by atoms with Gasteiger partial charge in [0.15, 0.2) is 0 Å². The summed E-state index contributed by atoms with van der Waals surface area (Å²) >= 11 is 1.57. The number of nitrogens with two attached hydrogens (primary N) is 1. The minimum atomic E-state index is -3.67. The van der Waals surface area contributed by atoms with Crippen LogP contribution in [0.2, 0.25) is 0 Å². The molecule has 8 heteroatoms. The molecule has 2 aromatic heterocycles. The molecular formula is C15H16N4O2S2. The normalized spacial score (nSPS) is 13.2. The van der Waals surface area contributed by atoms with E-state index in [0.29, 0.717) is 0 Å². The number of anilines is 1. The van der Waals surface area contributed by atoms with E-state index in [2.05, 4.69) is 9.97 Å². The molecule has 0 unspecified atom stereocenters. The molecule has 0 saturated carbocycles. The van der Waals surface area contributed by atoms with Crippen LogP contribution in [0.1, 0.15) is 18.5 Å². The van der Waals surface area contributed by atoms with Gasteiger partial charge in [-0.15, -0.1) is 11.3 Å². The lowest BCUT2D eigenvalue weighted by atomic mass is 10.1. The van der Waals surface area contributed by atoms with Gasteiger partial charge in [0, 0.05) is 7.05 Å². The molecule has 0 radical (unpaired) electrons. The average molecular weight is 348 g/mol. The van der Waals surface area contributed by atoms with Gasteiger partial charge in [0.2, 0.25) is 10.0 Å². The Balaban J connectivity index is 1.93. The third-order valence-corrected chi connectivity index (χ3v) is 5.60. The molecule has 0 bridgehead atoms. The summed E-state index contributed by atoms with van der Waals surface area (Å²) in [5.41, 5.74) is 0.974. The number of benzene rings is 1. The Morgan fingerprint density at radius 3 is 2.52 bits per heavy atom. The molecule has 23 heavy (non-hydrogen) atoms. The van der Waals surface area contributed by atoms with Crippen molar-refractivity contribution in [2.75, 3.05) is 11.9 Å². The van der Waals surface area contributed by atoms with Crippen molar-refractivity contribution < 1.29 is 8.42 Å². The number of hydrogen-bond acceptors (Lipinski definition) is 6. The highest BCUT2D eigenvalue weighted by molar-refractivity contribution is 7.89. The van der Waals surface area contributed by atoms with Crippen LogP contribution < -0.4 is 10.0 Å². The van der Waals surface area contributed by atoms with Gasteiger partial charge in [0.05, 0.1) is 16.3 Å². The maximum absolute atomic E-state index is 11.3. The topological polar surface area (TPSA) is 89.2 Å². The summed E-state index contributed by atoms with van der Waals surface area (Å²) in [6, 6.07) is 8.61. The summed E-state index contributed by atoms with van der Waals surface area (Å²) < 4.78 is 22.7. The van der Waals surface area contributed by atoms with Crippen LogP contribution in [0.3, 0.4) is 0 Å². The van der Waals surface area contributed by atoms with Gasteiger partial charge in [-0.25, -0.2) is 23.5 Å². The number of sulfonamides is 1. The van der Waals surface area contributed by atoms with E-state index in [4.69, 9.17) is 5.14 Å². The highest BCUT2D eigenvalue weighted by Crippen LogP contribution is 2.31. The van der Waals surface area contributed by atoms with Crippen LogP contribution in [0.4, 0.5) is 5.82 Å². The number of primary sulfonamides is 1. The summed E-state index contributed by atoms with van der Waals surface area (Å²) in [6.45, 7) is 2.03. The molecule has 1 aromatic carbocycles. The molecule has 0 fully saturated rings. The van der Waals surface area contributed by atoms with E-state index in [1.54, 1.807) is 29.8 Å². The molecule has 2 N–H and O–H groups in total. The van der Waals surface area contributed by atoms with Crippen molar-refractivity contribution in [2.24, 2.45) is 5.14 Å². The Kier molecular flexibility index (Phi) is 4.05. The van der Waals surface area contributed by atoms with Gasteiger partial charge >= 0.3 is 0 Å². The number of nitrogens with zero attached hydrogens (tertiary/aromatic N) is 3. The van der Waals surface area contributed by atoms with Gasteiger partial charge in [-0.05, 0) is 36.1 Å². The number of fused-ring (bicyclic) bond motifs is 1. The molecule has 0 saturated heterocycles. The molecule has 1 atom stereocenters. The van der Waals surface area contributed by atoms with Gasteiger partial charge < -0.3 is 4.90 Å². The zero-order valence-corrected chi connectivity index (χ0v) is 14.3. The van der Waals surface area contributed by atoms with Gasteiger partial charge in [0.1, 0.15) is 17.0 Å². The molecule has 0 aliphatic heterocycles. The number of thiophene rings is 1. The van der Waals surface area contributed by atoms with Crippen molar-refractivity contribution in [1.29, 1.82) is 0 Å². The van der Waals surface area contributed by atoms with E-state index < -0.39 is 10.0 Å². The lowest BCUT2D eigenvalue weighted by Crippen LogP contribution is -2.23. The van der Waals surface area contributed by atoms with Crippen molar-refractivity contribution in [1.82, 2.24) is 9.97 Å². The molecule has 0 spiro atoms. The fourth-order valence-electron chi connectivity index (χ4n) is 2.40. The van der Waals surface area contributed by atoms with Crippen LogP contribution in [0.5, 0.6) is 0 Å². The second kappa shape index (κ2) is 5.88. The third-order valence-electron chi connectivity index (χ3n) is 3.85. The zero-order valence-electron chi connectivity index (χ0n) is 12.7. The summed E-state index contributed by atoms with van der Waals surface area (Å²) in [5, 5.41) is 8.13.